The van der Waals surface area contributed by atoms with Crippen molar-refractivity contribution in [1.82, 2.24) is 15.5 Å². The summed E-state index contributed by atoms with van der Waals surface area (Å²) < 4.78 is 13.6. The molecule has 1 atom stereocenters. The zero-order valence-electron chi connectivity index (χ0n) is 14.2. The molecule has 0 amide bonds. The van der Waals surface area contributed by atoms with Gasteiger partial charge in [0.2, 0.25) is 0 Å². The molecule has 1 aliphatic rings. The number of nitrogens with one attached hydrogen (secondary N) is 2. The van der Waals surface area contributed by atoms with Gasteiger partial charge in [0.15, 0.2) is 5.96 Å². The van der Waals surface area contributed by atoms with Crippen LogP contribution in [0.5, 0.6) is 0 Å². The van der Waals surface area contributed by atoms with Crippen LogP contribution >= 0.6 is 24.0 Å². The number of nitrogens with zero attached hydrogens (tertiary/aromatic N) is 2. The van der Waals surface area contributed by atoms with Crippen LogP contribution in [0.2, 0.25) is 0 Å². The first-order valence-electron chi connectivity index (χ1n) is 7.96. The number of hydrogen-bond donors (Lipinski definition) is 2. The van der Waals surface area contributed by atoms with Crippen molar-refractivity contribution in [2.24, 2.45) is 10.9 Å². The lowest BCUT2D eigenvalue weighted by molar-refractivity contribution is 0.264. The van der Waals surface area contributed by atoms with E-state index in [0.29, 0.717) is 19.0 Å². The SMILES string of the molecule is CN=C(NCCc1ccccc1F)NCC(C1CC1)N(C)C.I. The zero-order chi connectivity index (χ0) is 15.9. The highest BCUT2D eigenvalue weighted by molar-refractivity contribution is 14.0. The van der Waals surface area contributed by atoms with Crippen molar-refractivity contribution < 1.29 is 4.39 Å². The summed E-state index contributed by atoms with van der Waals surface area (Å²) >= 11 is 0. The highest BCUT2D eigenvalue weighted by Gasteiger charge is 2.32. The molecule has 1 aromatic rings. The Bertz CT molecular complexity index is 501. The summed E-state index contributed by atoms with van der Waals surface area (Å²) in [6.07, 6.45) is 3.29. The van der Waals surface area contributed by atoms with E-state index in [1.807, 2.05) is 12.1 Å². The fourth-order valence-corrected chi connectivity index (χ4v) is 2.69. The van der Waals surface area contributed by atoms with Crippen molar-refractivity contribution in [3.8, 4) is 0 Å². The minimum atomic E-state index is -0.145. The van der Waals surface area contributed by atoms with E-state index in [-0.39, 0.29) is 29.8 Å². The highest BCUT2D eigenvalue weighted by Crippen LogP contribution is 2.34. The van der Waals surface area contributed by atoms with E-state index < -0.39 is 0 Å². The van der Waals surface area contributed by atoms with Crippen LogP contribution in [0.25, 0.3) is 0 Å². The Labute approximate surface area is 156 Å². The molecule has 0 radical (unpaired) electrons. The second-order valence-corrected chi connectivity index (χ2v) is 6.09. The van der Waals surface area contributed by atoms with Crippen molar-refractivity contribution in [2.75, 3.05) is 34.2 Å². The van der Waals surface area contributed by atoms with Gasteiger partial charge in [-0.05, 0) is 50.9 Å². The molecule has 0 aromatic heterocycles. The molecule has 130 valence electrons. The minimum absolute atomic E-state index is 0. The molecule has 1 saturated carbocycles. The van der Waals surface area contributed by atoms with Gasteiger partial charge < -0.3 is 15.5 Å². The summed E-state index contributed by atoms with van der Waals surface area (Å²) in [7, 11) is 6.01. The Morgan fingerprint density at radius 1 is 1.30 bits per heavy atom. The van der Waals surface area contributed by atoms with E-state index in [2.05, 4.69) is 34.6 Å². The standard InChI is InChI=1S/C17H27FN4.HI/c1-19-17(21-12-16(22(2)3)14-8-9-14)20-11-10-13-6-4-5-7-15(13)18;/h4-7,14,16H,8-12H2,1-3H3,(H2,19,20,21);1H. The number of halogens is 2. The van der Waals surface area contributed by atoms with Crippen LogP contribution < -0.4 is 10.6 Å². The molecule has 1 aliphatic carbocycles. The molecular formula is C17H28FIN4. The first kappa shape index (κ1) is 20.2. The Kier molecular flexibility index (Phi) is 8.83. The van der Waals surface area contributed by atoms with Crippen molar-refractivity contribution in [2.45, 2.75) is 25.3 Å². The van der Waals surface area contributed by atoms with Crippen LogP contribution in [0.4, 0.5) is 4.39 Å². The predicted octanol–water partition coefficient (Wildman–Crippen LogP) is 2.49. The summed E-state index contributed by atoms with van der Waals surface area (Å²) in [5.41, 5.74) is 0.731. The maximum atomic E-state index is 13.6. The fourth-order valence-electron chi connectivity index (χ4n) is 2.69. The van der Waals surface area contributed by atoms with Crippen molar-refractivity contribution in [3.05, 3.63) is 35.6 Å². The van der Waals surface area contributed by atoms with Crippen LogP contribution in [0.3, 0.4) is 0 Å². The van der Waals surface area contributed by atoms with Crippen LogP contribution in [-0.2, 0) is 6.42 Å². The summed E-state index contributed by atoms with van der Waals surface area (Å²) in [5, 5.41) is 6.63. The molecule has 1 fully saturated rings. The maximum absolute atomic E-state index is 13.6. The first-order chi connectivity index (χ1) is 10.6. The van der Waals surface area contributed by atoms with Crippen molar-refractivity contribution in [1.29, 1.82) is 0 Å². The van der Waals surface area contributed by atoms with Crippen LogP contribution in [0, 0.1) is 11.7 Å². The van der Waals surface area contributed by atoms with Crippen LogP contribution in [0.1, 0.15) is 18.4 Å². The second kappa shape index (κ2) is 10.1. The normalized spacial score (nSPS) is 16.0. The van der Waals surface area contributed by atoms with Crippen molar-refractivity contribution in [3.63, 3.8) is 0 Å². The van der Waals surface area contributed by atoms with E-state index in [0.717, 1.165) is 24.0 Å². The van der Waals surface area contributed by atoms with Crippen molar-refractivity contribution >= 4 is 29.9 Å². The highest BCUT2D eigenvalue weighted by atomic mass is 127. The van der Waals surface area contributed by atoms with E-state index in [1.165, 1.54) is 18.9 Å². The molecule has 0 saturated heterocycles. The second-order valence-electron chi connectivity index (χ2n) is 6.09. The molecule has 0 aliphatic heterocycles. The smallest absolute Gasteiger partial charge is 0.191 e. The molecule has 1 unspecified atom stereocenters. The Balaban J connectivity index is 0.00000264. The zero-order valence-corrected chi connectivity index (χ0v) is 16.5. The predicted molar refractivity (Wildman–Crippen MR) is 105 cm³/mol. The Hall–Kier alpha value is -0.890. The largest absolute Gasteiger partial charge is 0.356 e. The number of benzene rings is 1. The molecular weight excluding hydrogens is 406 g/mol. The average molecular weight is 434 g/mol. The third-order valence-corrected chi connectivity index (χ3v) is 4.18. The summed E-state index contributed by atoms with van der Waals surface area (Å²) in [5.74, 6) is 1.44. The number of hydrogen-bond acceptors (Lipinski definition) is 2. The van der Waals surface area contributed by atoms with Gasteiger partial charge in [0.1, 0.15) is 5.82 Å². The number of guanidine groups is 1. The number of likely N-dealkylation sites (N-methyl/N-ethyl adjacent to an activating group) is 1. The van der Waals surface area contributed by atoms with Gasteiger partial charge in [-0.1, -0.05) is 18.2 Å². The molecule has 0 bridgehead atoms. The molecule has 2 N–H and O–H groups in total. The van der Waals surface area contributed by atoms with Gasteiger partial charge in [-0.3, -0.25) is 4.99 Å². The molecule has 23 heavy (non-hydrogen) atoms. The van der Waals surface area contributed by atoms with Crippen LogP contribution in [0.15, 0.2) is 29.3 Å². The third kappa shape index (κ3) is 6.63. The van der Waals surface area contributed by atoms with E-state index in [1.54, 1.807) is 13.1 Å². The molecule has 6 heteroatoms. The van der Waals surface area contributed by atoms with Gasteiger partial charge in [-0.2, -0.15) is 0 Å². The van der Waals surface area contributed by atoms with Gasteiger partial charge in [0, 0.05) is 26.2 Å². The maximum Gasteiger partial charge on any atom is 0.191 e. The van der Waals surface area contributed by atoms with Gasteiger partial charge in [0.05, 0.1) is 0 Å². The van der Waals surface area contributed by atoms with E-state index in [9.17, 15) is 4.39 Å². The minimum Gasteiger partial charge on any atom is -0.356 e. The molecule has 0 spiro atoms. The lowest BCUT2D eigenvalue weighted by Crippen LogP contribution is -2.46. The topological polar surface area (TPSA) is 39.7 Å². The monoisotopic (exact) mass is 434 g/mol. The number of rotatable bonds is 7. The van der Waals surface area contributed by atoms with Gasteiger partial charge in [-0.15, -0.1) is 24.0 Å². The lowest BCUT2D eigenvalue weighted by atomic mass is 10.1. The molecule has 2 rings (SSSR count). The third-order valence-electron chi connectivity index (χ3n) is 4.18. The average Bonchev–Trinajstić information content (AvgIpc) is 3.32. The molecule has 1 aromatic carbocycles. The Morgan fingerprint density at radius 3 is 2.57 bits per heavy atom. The van der Waals surface area contributed by atoms with Gasteiger partial charge in [-0.25, -0.2) is 4.39 Å². The van der Waals surface area contributed by atoms with Gasteiger partial charge in [0.25, 0.3) is 0 Å². The first-order valence-corrected chi connectivity index (χ1v) is 7.96. The van der Waals surface area contributed by atoms with Crippen LogP contribution in [-0.4, -0.2) is 51.1 Å². The quantitative estimate of drug-likeness (QED) is 0.394. The summed E-state index contributed by atoms with van der Waals surface area (Å²) in [4.78, 5) is 6.51. The number of aliphatic imine (C=N–C) groups is 1. The fraction of sp³-hybridized carbons (Fsp3) is 0.588. The lowest BCUT2D eigenvalue weighted by Gasteiger charge is -2.25. The van der Waals surface area contributed by atoms with E-state index in [4.69, 9.17) is 0 Å². The Morgan fingerprint density at radius 2 is 2.00 bits per heavy atom. The van der Waals surface area contributed by atoms with E-state index >= 15 is 0 Å². The summed E-state index contributed by atoms with van der Waals surface area (Å²) in [6.45, 7) is 1.55. The molecule has 0 heterocycles. The summed E-state index contributed by atoms with van der Waals surface area (Å²) in [6, 6.07) is 7.45. The molecule has 4 nitrogen and oxygen atoms in total. The van der Waals surface area contributed by atoms with Gasteiger partial charge >= 0.3 is 0 Å².